The number of likely N-dealkylation sites (tertiary alicyclic amines) is 1. The summed E-state index contributed by atoms with van der Waals surface area (Å²) < 4.78 is 5.47. The molecule has 164 valence electrons. The number of methoxy groups -OCH3 is 1. The third-order valence-electron chi connectivity index (χ3n) is 6.21. The van der Waals surface area contributed by atoms with Gasteiger partial charge in [-0.15, -0.1) is 0 Å². The summed E-state index contributed by atoms with van der Waals surface area (Å²) in [5.74, 6) is 2.46. The van der Waals surface area contributed by atoms with E-state index in [9.17, 15) is 9.59 Å². The molecule has 31 heavy (non-hydrogen) atoms. The number of fused-ring (bicyclic) bond motifs is 1. The Labute approximate surface area is 183 Å². The van der Waals surface area contributed by atoms with E-state index in [1.807, 2.05) is 49.9 Å². The molecule has 1 fully saturated rings. The van der Waals surface area contributed by atoms with Crippen molar-refractivity contribution in [3.8, 4) is 5.75 Å². The number of benzene rings is 1. The fraction of sp³-hybridized carbons (Fsp3) is 0.500. The summed E-state index contributed by atoms with van der Waals surface area (Å²) in [4.78, 5) is 38.7. The summed E-state index contributed by atoms with van der Waals surface area (Å²) >= 11 is 0. The van der Waals surface area contributed by atoms with Crippen LogP contribution >= 0.6 is 0 Å². The summed E-state index contributed by atoms with van der Waals surface area (Å²) in [6.07, 6.45) is 2.20. The number of ether oxygens (including phenoxy) is 1. The van der Waals surface area contributed by atoms with Crippen LogP contribution in [0.2, 0.25) is 0 Å². The van der Waals surface area contributed by atoms with Gasteiger partial charge in [0.2, 0.25) is 11.8 Å². The van der Waals surface area contributed by atoms with Crippen molar-refractivity contribution in [3.63, 3.8) is 0 Å². The summed E-state index contributed by atoms with van der Waals surface area (Å²) in [5, 5.41) is 0. The topological polar surface area (TPSA) is 75.6 Å². The molecule has 0 N–H and O–H groups in total. The smallest absolute Gasteiger partial charge is 0.233 e. The Morgan fingerprint density at radius 1 is 1.26 bits per heavy atom. The first-order chi connectivity index (χ1) is 14.9. The zero-order valence-corrected chi connectivity index (χ0v) is 18.7. The van der Waals surface area contributed by atoms with Gasteiger partial charge in [0.1, 0.15) is 17.4 Å². The molecular weight excluding hydrogens is 392 g/mol. The van der Waals surface area contributed by atoms with E-state index in [-0.39, 0.29) is 23.7 Å². The maximum absolute atomic E-state index is 12.9. The molecule has 2 aliphatic heterocycles. The molecule has 3 heterocycles. The van der Waals surface area contributed by atoms with Crippen LogP contribution in [0.15, 0.2) is 24.3 Å². The highest BCUT2D eigenvalue weighted by Gasteiger charge is 2.34. The predicted octanol–water partition coefficient (Wildman–Crippen LogP) is 3.24. The zero-order valence-electron chi connectivity index (χ0n) is 18.7. The van der Waals surface area contributed by atoms with Crippen molar-refractivity contribution < 1.29 is 14.3 Å². The second kappa shape index (κ2) is 8.65. The molecule has 0 aliphatic carbocycles. The number of aryl methyl sites for hydroxylation is 1. The Bertz CT molecular complexity index is 1000. The average molecular weight is 423 g/mol. The third kappa shape index (κ3) is 4.13. The van der Waals surface area contributed by atoms with Crippen molar-refractivity contribution in [2.75, 3.05) is 25.1 Å². The monoisotopic (exact) mass is 422 g/mol. The fourth-order valence-corrected chi connectivity index (χ4v) is 4.50. The van der Waals surface area contributed by atoms with Gasteiger partial charge in [-0.2, -0.15) is 0 Å². The number of nitrogens with zero attached hydrogens (tertiary/aromatic N) is 4. The Balaban J connectivity index is 1.63. The SMILES string of the molecule is COc1ccccc1CN1C(=O)Cc2c(C)nc([C@@H]3CCCN(C(=O)C(C)C)C3)nc21. The second-order valence-corrected chi connectivity index (χ2v) is 8.72. The Morgan fingerprint density at radius 2 is 2.03 bits per heavy atom. The normalized spacial score (nSPS) is 18.5. The molecule has 7 heteroatoms. The minimum atomic E-state index is -0.0182. The highest BCUT2D eigenvalue weighted by Crippen LogP contribution is 2.34. The van der Waals surface area contributed by atoms with Gasteiger partial charge in [-0.05, 0) is 25.8 Å². The maximum Gasteiger partial charge on any atom is 0.233 e. The first-order valence-electron chi connectivity index (χ1n) is 11.0. The van der Waals surface area contributed by atoms with Gasteiger partial charge in [0.05, 0.1) is 20.1 Å². The van der Waals surface area contributed by atoms with E-state index in [1.165, 1.54) is 0 Å². The van der Waals surface area contributed by atoms with Gasteiger partial charge in [0.25, 0.3) is 0 Å². The summed E-state index contributed by atoms with van der Waals surface area (Å²) in [6, 6.07) is 7.73. The van der Waals surface area contributed by atoms with Crippen molar-refractivity contribution in [1.29, 1.82) is 0 Å². The molecule has 0 unspecified atom stereocenters. The Kier molecular flexibility index (Phi) is 5.94. The van der Waals surface area contributed by atoms with E-state index < -0.39 is 0 Å². The number of carbonyl (C=O) groups excluding carboxylic acids is 2. The standard InChI is InChI=1S/C24H30N4O3/c1-15(2)24(30)27-11-7-9-18(13-27)22-25-16(3)19-12-21(29)28(23(19)26-22)14-17-8-5-6-10-20(17)31-4/h5-6,8,10,15,18H,7,9,11-14H2,1-4H3/t18-/m1/s1. The second-order valence-electron chi connectivity index (χ2n) is 8.72. The van der Waals surface area contributed by atoms with Crippen LogP contribution in [0.25, 0.3) is 0 Å². The number of aromatic nitrogens is 2. The van der Waals surface area contributed by atoms with Gasteiger partial charge >= 0.3 is 0 Å². The van der Waals surface area contributed by atoms with Gasteiger partial charge in [-0.25, -0.2) is 9.97 Å². The van der Waals surface area contributed by atoms with Crippen molar-refractivity contribution >= 4 is 17.6 Å². The number of hydrogen-bond donors (Lipinski definition) is 0. The van der Waals surface area contributed by atoms with Crippen molar-refractivity contribution in [3.05, 3.63) is 46.9 Å². The average Bonchev–Trinajstić information content (AvgIpc) is 3.09. The lowest BCUT2D eigenvalue weighted by Crippen LogP contribution is -2.41. The lowest BCUT2D eigenvalue weighted by Gasteiger charge is -2.33. The number of carbonyl (C=O) groups is 2. The minimum absolute atomic E-state index is 0.0182. The number of rotatable bonds is 5. The first kappa shape index (κ1) is 21.3. The number of piperidine rings is 1. The van der Waals surface area contributed by atoms with E-state index in [1.54, 1.807) is 12.0 Å². The highest BCUT2D eigenvalue weighted by atomic mass is 16.5. The van der Waals surface area contributed by atoms with E-state index in [0.29, 0.717) is 25.3 Å². The van der Waals surface area contributed by atoms with Crippen LogP contribution in [0.3, 0.4) is 0 Å². The highest BCUT2D eigenvalue weighted by molar-refractivity contribution is 6.00. The maximum atomic E-state index is 12.9. The number of hydrogen-bond acceptors (Lipinski definition) is 5. The van der Waals surface area contributed by atoms with Gasteiger partial charge in [0, 0.05) is 41.7 Å². The zero-order chi connectivity index (χ0) is 22.1. The molecule has 4 rings (SSSR count). The molecule has 2 amide bonds. The predicted molar refractivity (Wildman–Crippen MR) is 118 cm³/mol. The van der Waals surface area contributed by atoms with Crippen LogP contribution in [0.1, 0.15) is 55.3 Å². The molecule has 2 aliphatic rings. The van der Waals surface area contributed by atoms with Gasteiger partial charge in [0.15, 0.2) is 0 Å². The Hall–Kier alpha value is -2.96. The van der Waals surface area contributed by atoms with Gasteiger partial charge in [-0.3, -0.25) is 14.5 Å². The van der Waals surface area contributed by atoms with E-state index in [0.717, 1.165) is 47.8 Å². The van der Waals surface area contributed by atoms with Crippen LogP contribution in [0.5, 0.6) is 5.75 Å². The van der Waals surface area contributed by atoms with Crippen molar-refractivity contribution in [2.24, 2.45) is 5.92 Å². The third-order valence-corrected chi connectivity index (χ3v) is 6.21. The molecule has 0 spiro atoms. The molecule has 1 aromatic carbocycles. The number of amides is 2. The van der Waals surface area contributed by atoms with Crippen LogP contribution in [0.4, 0.5) is 5.82 Å². The van der Waals surface area contributed by atoms with Crippen LogP contribution in [-0.2, 0) is 22.6 Å². The summed E-state index contributed by atoms with van der Waals surface area (Å²) in [7, 11) is 1.64. The van der Waals surface area contributed by atoms with Gasteiger partial charge < -0.3 is 9.64 Å². The van der Waals surface area contributed by atoms with Crippen LogP contribution in [0, 0.1) is 12.8 Å². The minimum Gasteiger partial charge on any atom is -0.496 e. The molecule has 0 bridgehead atoms. The fourth-order valence-electron chi connectivity index (χ4n) is 4.50. The lowest BCUT2D eigenvalue weighted by atomic mass is 9.95. The van der Waals surface area contributed by atoms with Gasteiger partial charge in [-0.1, -0.05) is 32.0 Å². The lowest BCUT2D eigenvalue weighted by molar-refractivity contribution is -0.135. The molecule has 2 aromatic rings. The van der Waals surface area contributed by atoms with E-state index in [2.05, 4.69) is 0 Å². The number of anilines is 1. The molecule has 7 nitrogen and oxygen atoms in total. The largest absolute Gasteiger partial charge is 0.496 e. The van der Waals surface area contributed by atoms with Crippen LogP contribution in [-0.4, -0.2) is 46.9 Å². The molecule has 1 saturated heterocycles. The Morgan fingerprint density at radius 3 is 2.77 bits per heavy atom. The molecule has 1 atom stereocenters. The molecule has 0 radical (unpaired) electrons. The number of para-hydroxylation sites is 1. The van der Waals surface area contributed by atoms with E-state index in [4.69, 9.17) is 14.7 Å². The van der Waals surface area contributed by atoms with Crippen molar-refractivity contribution in [2.45, 2.75) is 52.5 Å². The molecule has 1 aromatic heterocycles. The van der Waals surface area contributed by atoms with E-state index >= 15 is 0 Å². The van der Waals surface area contributed by atoms with Crippen LogP contribution < -0.4 is 9.64 Å². The van der Waals surface area contributed by atoms with Crippen molar-refractivity contribution in [1.82, 2.24) is 14.9 Å². The molecule has 0 saturated carbocycles. The summed E-state index contributed by atoms with van der Waals surface area (Å²) in [6.45, 7) is 7.65. The summed E-state index contributed by atoms with van der Waals surface area (Å²) in [5.41, 5.74) is 2.69. The molecular formula is C24H30N4O3. The quantitative estimate of drug-likeness (QED) is 0.739. The first-order valence-corrected chi connectivity index (χ1v) is 11.0.